The van der Waals surface area contributed by atoms with Crippen molar-refractivity contribution in [3.8, 4) is 0 Å². The van der Waals surface area contributed by atoms with Gasteiger partial charge in [-0.2, -0.15) is 11.3 Å². The third-order valence-electron chi connectivity index (χ3n) is 1.62. The first kappa shape index (κ1) is 9.70. The highest BCUT2D eigenvalue weighted by Crippen LogP contribution is 2.29. The zero-order chi connectivity index (χ0) is 9.35. The average molecular weight is 250 g/mol. The summed E-state index contributed by atoms with van der Waals surface area (Å²) < 4.78 is 0.750. The molecule has 1 atom stereocenters. The summed E-state index contributed by atoms with van der Waals surface area (Å²) in [5.41, 5.74) is 4.91. The van der Waals surface area contributed by atoms with E-state index in [1.165, 1.54) is 18.3 Å². The predicted molar refractivity (Wildman–Crippen MR) is 51.2 cm³/mol. The predicted octanol–water partition coefficient (Wildman–Crippen LogP) is 1.77. The first-order chi connectivity index (χ1) is 5.46. The number of rotatable bonds is 2. The molecule has 0 radical (unpaired) electrons. The summed E-state index contributed by atoms with van der Waals surface area (Å²) in [4.78, 5) is 10.7. The zero-order valence-electron chi connectivity index (χ0n) is 6.37. The molecule has 66 valence electrons. The molecule has 0 saturated carbocycles. The molecule has 0 fully saturated rings. The molecule has 0 saturated heterocycles. The van der Waals surface area contributed by atoms with E-state index in [2.05, 4.69) is 15.9 Å². The van der Waals surface area contributed by atoms with Crippen molar-refractivity contribution >= 4 is 33.2 Å². The van der Waals surface area contributed by atoms with E-state index in [1.807, 2.05) is 5.38 Å². The Morgan fingerprint density at radius 2 is 2.33 bits per heavy atom. The Kier molecular flexibility index (Phi) is 2.55. The van der Waals surface area contributed by atoms with Crippen molar-refractivity contribution in [2.24, 2.45) is 5.73 Å². The second-order valence-corrected chi connectivity index (χ2v) is 4.24. The summed E-state index contributed by atoms with van der Waals surface area (Å²) in [7, 11) is 0. The molecule has 1 aromatic heterocycles. The van der Waals surface area contributed by atoms with Gasteiger partial charge in [0.2, 0.25) is 0 Å². The Morgan fingerprint density at radius 3 is 2.67 bits per heavy atom. The molecule has 1 rings (SSSR count). The molecule has 0 spiro atoms. The van der Waals surface area contributed by atoms with E-state index in [0.29, 0.717) is 5.56 Å². The molecule has 0 bridgehead atoms. The molecule has 5 heteroatoms. The lowest BCUT2D eigenvalue weighted by molar-refractivity contribution is -0.143. The summed E-state index contributed by atoms with van der Waals surface area (Å²) in [6, 6.07) is 0. The Labute approximate surface area is 82.3 Å². The van der Waals surface area contributed by atoms with Crippen molar-refractivity contribution in [1.82, 2.24) is 0 Å². The lowest BCUT2D eigenvalue weighted by Gasteiger charge is -2.18. The molecule has 3 nitrogen and oxygen atoms in total. The fourth-order valence-electron chi connectivity index (χ4n) is 0.767. The molecule has 1 aromatic rings. The van der Waals surface area contributed by atoms with Gasteiger partial charge >= 0.3 is 5.97 Å². The first-order valence-electron chi connectivity index (χ1n) is 3.20. The van der Waals surface area contributed by atoms with Crippen LogP contribution in [-0.4, -0.2) is 11.1 Å². The highest BCUT2D eigenvalue weighted by atomic mass is 79.9. The number of nitrogens with two attached hydrogens (primary N) is 1. The molecule has 1 heterocycles. The maximum atomic E-state index is 10.7. The van der Waals surface area contributed by atoms with Crippen LogP contribution in [-0.2, 0) is 10.3 Å². The summed E-state index contributed by atoms with van der Waals surface area (Å²) in [6.45, 7) is 1.47. The van der Waals surface area contributed by atoms with Crippen molar-refractivity contribution in [3.05, 3.63) is 20.8 Å². The van der Waals surface area contributed by atoms with Crippen molar-refractivity contribution in [3.63, 3.8) is 0 Å². The van der Waals surface area contributed by atoms with Gasteiger partial charge in [0.1, 0.15) is 5.54 Å². The van der Waals surface area contributed by atoms with Gasteiger partial charge in [0, 0.05) is 15.4 Å². The van der Waals surface area contributed by atoms with Gasteiger partial charge in [0.15, 0.2) is 0 Å². The molecule has 0 aliphatic heterocycles. The smallest absolute Gasteiger partial charge is 0.328 e. The highest BCUT2D eigenvalue weighted by Gasteiger charge is 2.32. The van der Waals surface area contributed by atoms with Crippen molar-refractivity contribution in [2.75, 3.05) is 0 Å². The lowest BCUT2D eigenvalue weighted by Crippen LogP contribution is -2.41. The van der Waals surface area contributed by atoms with Gasteiger partial charge in [-0.25, -0.2) is 4.79 Å². The van der Waals surface area contributed by atoms with Crippen LogP contribution >= 0.6 is 27.3 Å². The maximum absolute atomic E-state index is 10.7. The Morgan fingerprint density at radius 1 is 1.75 bits per heavy atom. The number of carbonyl (C=O) groups is 1. The molecule has 0 aromatic carbocycles. The van der Waals surface area contributed by atoms with E-state index in [0.717, 1.165) is 4.47 Å². The van der Waals surface area contributed by atoms with Gasteiger partial charge < -0.3 is 10.8 Å². The second kappa shape index (κ2) is 3.16. The Bertz CT molecular complexity index is 308. The molecule has 0 unspecified atom stereocenters. The average Bonchev–Trinajstić information content (AvgIpc) is 2.35. The van der Waals surface area contributed by atoms with Crippen molar-refractivity contribution in [1.29, 1.82) is 0 Å². The van der Waals surface area contributed by atoms with E-state index in [-0.39, 0.29) is 0 Å². The zero-order valence-corrected chi connectivity index (χ0v) is 8.78. The quantitative estimate of drug-likeness (QED) is 0.840. The van der Waals surface area contributed by atoms with E-state index in [4.69, 9.17) is 10.8 Å². The van der Waals surface area contributed by atoms with Crippen LogP contribution in [0.4, 0.5) is 0 Å². The summed E-state index contributed by atoms with van der Waals surface area (Å²) in [5.74, 6) is -1.03. The number of hydrogen-bond donors (Lipinski definition) is 2. The van der Waals surface area contributed by atoms with E-state index in [1.54, 1.807) is 5.38 Å². The highest BCUT2D eigenvalue weighted by molar-refractivity contribution is 9.10. The summed E-state index contributed by atoms with van der Waals surface area (Å²) >= 11 is 4.66. The van der Waals surface area contributed by atoms with Crippen molar-refractivity contribution in [2.45, 2.75) is 12.5 Å². The van der Waals surface area contributed by atoms with Crippen LogP contribution in [0.5, 0.6) is 0 Å². The minimum Gasteiger partial charge on any atom is -0.480 e. The summed E-state index contributed by atoms with van der Waals surface area (Å²) in [5, 5.41) is 12.3. The summed E-state index contributed by atoms with van der Waals surface area (Å²) in [6.07, 6.45) is 0. The fourth-order valence-corrected chi connectivity index (χ4v) is 2.59. The Balaban J connectivity index is 3.13. The van der Waals surface area contributed by atoms with Crippen LogP contribution in [0.1, 0.15) is 12.5 Å². The van der Waals surface area contributed by atoms with Gasteiger partial charge in [0.25, 0.3) is 0 Å². The number of carboxylic acid groups (broad SMARTS) is 1. The largest absolute Gasteiger partial charge is 0.480 e. The number of thiophene rings is 1. The van der Waals surface area contributed by atoms with E-state index < -0.39 is 11.5 Å². The Hall–Kier alpha value is -0.390. The number of aliphatic carboxylic acids is 1. The van der Waals surface area contributed by atoms with Crippen LogP contribution in [0.25, 0.3) is 0 Å². The molecular formula is C7H8BrNO2S. The number of halogens is 1. The van der Waals surface area contributed by atoms with Gasteiger partial charge in [-0.3, -0.25) is 0 Å². The maximum Gasteiger partial charge on any atom is 0.328 e. The van der Waals surface area contributed by atoms with Crippen LogP contribution in [0.2, 0.25) is 0 Å². The van der Waals surface area contributed by atoms with Gasteiger partial charge in [-0.15, -0.1) is 0 Å². The van der Waals surface area contributed by atoms with Crippen LogP contribution < -0.4 is 5.73 Å². The standard InChI is InChI=1S/C7H8BrNO2S/c1-7(9,6(10)11)4-2-12-3-5(4)8/h2-3H,9H2,1H3,(H,10,11)/t7-/m1/s1. The van der Waals surface area contributed by atoms with Gasteiger partial charge in [-0.05, 0) is 28.2 Å². The third kappa shape index (κ3) is 1.53. The molecule has 3 N–H and O–H groups in total. The molecule has 0 aliphatic carbocycles. The molecule has 0 aliphatic rings. The number of hydrogen-bond acceptors (Lipinski definition) is 3. The van der Waals surface area contributed by atoms with Gasteiger partial charge in [0.05, 0.1) is 0 Å². The fraction of sp³-hybridized carbons (Fsp3) is 0.286. The SMILES string of the molecule is C[C@](N)(C(=O)O)c1cscc1Br. The monoisotopic (exact) mass is 249 g/mol. The van der Waals surface area contributed by atoms with Gasteiger partial charge in [-0.1, -0.05) is 0 Å². The van der Waals surface area contributed by atoms with Crippen LogP contribution in [0, 0.1) is 0 Å². The molecule has 12 heavy (non-hydrogen) atoms. The lowest BCUT2D eigenvalue weighted by atomic mass is 9.97. The van der Waals surface area contributed by atoms with E-state index >= 15 is 0 Å². The third-order valence-corrected chi connectivity index (χ3v) is 3.32. The first-order valence-corrected chi connectivity index (χ1v) is 4.94. The minimum absolute atomic E-state index is 0.611. The molecular weight excluding hydrogens is 242 g/mol. The van der Waals surface area contributed by atoms with Crippen molar-refractivity contribution < 1.29 is 9.90 Å². The second-order valence-electron chi connectivity index (χ2n) is 2.64. The normalized spacial score (nSPS) is 15.6. The number of carboxylic acids is 1. The minimum atomic E-state index is -1.31. The topological polar surface area (TPSA) is 63.3 Å². The van der Waals surface area contributed by atoms with E-state index in [9.17, 15) is 4.79 Å². The van der Waals surface area contributed by atoms with Crippen LogP contribution in [0.3, 0.4) is 0 Å². The molecule has 0 amide bonds. The van der Waals surface area contributed by atoms with Crippen LogP contribution in [0.15, 0.2) is 15.2 Å².